The topological polar surface area (TPSA) is 97.5 Å². The summed E-state index contributed by atoms with van der Waals surface area (Å²) in [5, 5.41) is 0.693. The Balaban J connectivity index is 2.12. The van der Waals surface area contributed by atoms with Crippen LogP contribution in [0.4, 0.5) is 5.69 Å². The Hall–Kier alpha value is -2.76. The molecule has 3 heterocycles. The molecule has 0 amide bonds. The lowest BCUT2D eigenvalue weighted by atomic mass is 10.1. The summed E-state index contributed by atoms with van der Waals surface area (Å²) in [5.41, 5.74) is 7.70. The summed E-state index contributed by atoms with van der Waals surface area (Å²) >= 11 is 0. The number of hydrogen-bond acceptors (Lipinski definition) is 5. The van der Waals surface area contributed by atoms with E-state index < -0.39 is 0 Å². The first-order valence-electron chi connectivity index (χ1n) is 5.71. The SMILES string of the molecule is Cc1ncc2c(C(=O)c3cncc(N)c3)c[nH]c2n1. The van der Waals surface area contributed by atoms with Gasteiger partial charge in [-0.15, -0.1) is 0 Å². The number of nitrogens with two attached hydrogens (primary N) is 1. The highest BCUT2D eigenvalue weighted by molar-refractivity contribution is 6.15. The molecule has 3 rings (SSSR count). The molecular formula is C13H11N5O. The van der Waals surface area contributed by atoms with Crippen molar-refractivity contribution < 1.29 is 4.79 Å². The third kappa shape index (κ3) is 1.93. The maximum absolute atomic E-state index is 12.4. The van der Waals surface area contributed by atoms with Gasteiger partial charge in [0.2, 0.25) is 0 Å². The monoisotopic (exact) mass is 253 g/mol. The molecule has 19 heavy (non-hydrogen) atoms. The number of hydrogen-bond donors (Lipinski definition) is 2. The Kier molecular flexibility index (Phi) is 2.49. The molecule has 3 N–H and O–H groups in total. The number of pyridine rings is 1. The van der Waals surface area contributed by atoms with E-state index in [0.717, 1.165) is 0 Å². The lowest BCUT2D eigenvalue weighted by Crippen LogP contribution is -2.02. The average Bonchev–Trinajstić information content (AvgIpc) is 2.80. The number of nitrogen functional groups attached to an aromatic ring is 1. The minimum Gasteiger partial charge on any atom is -0.397 e. The smallest absolute Gasteiger partial charge is 0.196 e. The van der Waals surface area contributed by atoms with E-state index in [0.29, 0.717) is 33.7 Å². The molecule has 0 saturated heterocycles. The number of nitrogens with zero attached hydrogens (tertiary/aromatic N) is 3. The van der Waals surface area contributed by atoms with Gasteiger partial charge in [0.1, 0.15) is 11.5 Å². The van der Waals surface area contributed by atoms with Gasteiger partial charge in [0.25, 0.3) is 0 Å². The van der Waals surface area contributed by atoms with Crippen molar-refractivity contribution in [1.29, 1.82) is 0 Å². The molecule has 0 saturated carbocycles. The second-order valence-corrected chi connectivity index (χ2v) is 4.22. The van der Waals surface area contributed by atoms with Gasteiger partial charge in [-0.05, 0) is 13.0 Å². The number of aromatic nitrogens is 4. The van der Waals surface area contributed by atoms with Crippen LogP contribution in [0, 0.1) is 6.92 Å². The van der Waals surface area contributed by atoms with Crippen molar-refractivity contribution in [2.24, 2.45) is 0 Å². The zero-order valence-corrected chi connectivity index (χ0v) is 10.2. The van der Waals surface area contributed by atoms with E-state index in [-0.39, 0.29) is 5.78 Å². The van der Waals surface area contributed by atoms with E-state index in [9.17, 15) is 4.79 Å². The van der Waals surface area contributed by atoms with Gasteiger partial charge in [-0.3, -0.25) is 9.78 Å². The van der Waals surface area contributed by atoms with Gasteiger partial charge < -0.3 is 10.7 Å². The summed E-state index contributed by atoms with van der Waals surface area (Å²) in [6.07, 6.45) is 6.26. The molecule has 0 aliphatic heterocycles. The van der Waals surface area contributed by atoms with E-state index in [1.165, 1.54) is 12.4 Å². The van der Waals surface area contributed by atoms with Crippen LogP contribution in [-0.4, -0.2) is 25.7 Å². The lowest BCUT2D eigenvalue weighted by molar-refractivity contribution is 0.104. The summed E-state index contributed by atoms with van der Waals surface area (Å²) in [6, 6.07) is 1.60. The standard InChI is InChI=1S/C13H11N5O/c1-7-16-6-11-10(5-17-13(11)18-7)12(19)8-2-9(14)4-15-3-8/h2-6H,14H2,1H3,(H,16,17,18). The number of carbonyl (C=O) groups excluding carboxylic acids is 1. The van der Waals surface area contributed by atoms with Gasteiger partial charge in [-0.25, -0.2) is 9.97 Å². The number of nitrogens with one attached hydrogen (secondary N) is 1. The van der Waals surface area contributed by atoms with E-state index in [4.69, 9.17) is 5.73 Å². The Morgan fingerprint density at radius 3 is 2.95 bits per heavy atom. The van der Waals surface area contributed by atoms with E-state index >= 15 is 0 Å². The quantitative estimate of drug-likeness (QED) is 0.674. The largest absolute Gasteiger partial charge is 0.397 e. The summed E-state index contributed by atoms with van der Waals surface area (Å²) in [5.74, 6) is 0.498. The Labute approximate surface area is 108 Å². The lowest BCUT2D eigenvalue weighted by Gasteiger charge is -2.00. The molecule has 0 fully saturated rings. The molecule has 3 aromatic heterocycles. The van der Waals surface area contributed by atoms with Gasteiger partial charge >= 0.3 is 0 Å². The van der Waals surface area contributed by atoms with Crippen molar-refractivity contribution in [2.45, 2.75) is 6.92 Å². The van der Waals surface area contributed by atoms with Crippen LogP contribution in [0.5, 0.6) is 0 Å². The molecule has 6 heteroatoms. The third-order valence-electron chi connectivity index (χ3n) is 2.82. The van der Waals surface area contributed by atoms with Crippen molar-refractivity contribution in [3.05, 3.63) is 47.8 Å². The van der Waals surface area contributed by atoms with Gasteiger partial charge in [-0.2, -0.15) is 0 Å². The van der Waals surface area contributed by atoms with E-state index in [1.807, 2.05) is 0 Å². The van der Waals surface area contributed by atoms with Crippen molar-refractivity contribution in [1.82, 2.24) is 19.9 Å². The fourth-order valence-electron chi connectivity index (χ4n) is 1.92. The number of H-pyrrole nitrogens is 1. The molecule has 3 aromatic rings. The maximum atomic E-state index is 12.4. The number of anilines is 1. The normalized spacial score (nSPS) is 10.8. The number of rotatable bonds is 2. The van der Waals surface area contributed by atoms with Gasteiger partial charge in [0.05, 0.1) is 11.3 Å². The number of aromatic amines is 1. The summed E-state index contributed by atoms with van der Waals surface area (Å²) in [6.45, 7) is 1.80. The zero-order valence-electron chi connectivity index (χ0n) is 10.2. The highest BCUT2D eigenvalue weighted by Gasteiger charge is 2.15. The van der Waals surface area contributed by atoms with Crippen molar-refractivity contribution in [3.63, 3.8) is 0 Å². The molecular weight excluding hydrogens is 242 g/mol. The molecule has 0 atom stereocenters. The highest BCUT2D eigenvalue weighted by Crippen LogP contribution is 2.19. The molecule has 0 aromatic carbocycles. The Morgan fingerprint density at radius 2 is 2.16 bits per heavy atom. The fraction of sp³-hybridized carbons (Fsp3) is 0.0769. The first kappa shape index (κ1) is 11.3. The molecule has 0 aliphatic rings. The second-order valence-electron chi connectivity index (χ2n) is 4.22. The zero-order chi connectivity index (χ0) is 13.4. The van der Waals surface area contributed by atoms with Crippen LogP contribution >= 0.6 is 0 Å². The average molecular weight is 253 g/mol. The third-order valence-corrected chi connectivity index (χ3v) is 2.82. The summed E-state index contributed by atoms with van der Waals surface area (Å²) in [7, 11) is 0. The van der Waals surface area contributed by atoms with Gasteiger partial charge in [-0.1, -0.05) is 0 Å². The van der Waals surface area contributed by atoms with Gasteiger partial charge in [0, 0.05) is 35.7 Å². The van der Waals surface area contributed by atoms with Crippen LogP contribution in [0.15, 0.2) is 30.9 Å². The van der Waals surface area contributed by atoms with Crippen LogP contribution in [0.25, 0.3) is 11.0 Å². The molecule has 0 unspecified atom stereocenters. The van der Waals surface area contributed by atoms with Crippen molar-refractivity contribution >= 4 is 22.5 Å². The van der Waals surface area contributed by atoms with Crippen molar-refractivity contribution in [2.75, 3.05) is 5.73 Å². The van der Waals surface area contributed by atoms with Crippen LogP contribution in [0.2, 0.25) is 0 Å². The predicted octanol–water partition coefficient (Wildman–Crippen LogP) is 1.47. The minimum atomic E-state index is -0.154. The number of carbonyl (C=O) groups is 1. The van der Waals surface area contributed by atoms with Crippen LogP contribution < -0.4 is 5.73 Å². The van der Waals surface area contributed by atoms with E-state index in [1.54, 1.807) is 25.4 Å². The Morgan fingerprint density at radius 1 is 1.32 bits per heavy atom. The molecule has 94 valence electrons. The fourth-order valence-corrected chi connectivity index (χ4v) is 1.92. The molecule has 0 bridgehead atoms. The molecule has 0 radical (unpaired) electrons. The second kappa shape index (κ2) is 4.16. The van der Waals surface area contributed by atoms with Crippen LogP contribution in [-0.2, 0) is 0 Å². The molecule has 0 spiro atoms. The first-order valence-corrected chi connectivity index (χ1v) is 5.71. The summed E-state index contributed by atoms with van der Waals surface area (Å²) < 4.78 is 0. The number of ketones is 1. The van der Waals surface area contributed by atoms with Crippen molar-refractivity contribution in [3.8, 4) is 0 Å². The minimum absolute atomic E-state index is 0.154. The van der Waals surface area contributed by atoms with Crippen LogP contribution in [0.1, 0.15) is 21.7 Å². The number of fused-ring (bicyclic) bond motifs is 1. The molecule has 0 aliphatic carbocycles. The highest BCUT2D eigenvalue weighted by atomic mass is 16.1. The number of aryl methyl sites for hydroxylation is 1. The van der Waals surface area contributed by atoms with Crippen LogP contribution in [0.3, 0.4) is 0 Å². The first-order chi connectivity index (χ1) is 9.15. The molecule has 6 nitrogen and oxygen atoms in total. The summed E-state index contributed by atoms with van der Waals surface area (Å²) in [4.78, 5) is 27.6. The van der Waals surface area contributed by atoms with E-state index in [2.05, 4.69) is 19.9 Å². The maximum Gasteiger partial charge on any atom is 0.196 e. The van der Waals surface area contributed by atoms with Gasteiger partial charge in [0.15, 0.2) is 5.78 Å². The Bertz CT molecular complexity index is 778. The predicted molar refractivity (Wildman–Crippen MR) is 70.7 cm³/mol.